The third-order valence-electron chi connectivity index (χ3n) is 5.11. The van der Waals surface area contributed by atoms with E-state index in [-0.39, 0.29) is 22.5 Å². The van der Waals surface area contributed by atoms with Crippen molar-refractivity contribution in [1.29, 1.82) is 0 Å². The highest BCUT2D eigenvalue weighted by atomic mass is 35.5. The van der Waals surface area contributed by atoms with Gasteiger partial charge in [-0.15, -0.1) is 0 Å². The Morgan fingerprint density at radius 1 is 1.11 bits per heavy atom. The van der Waals surface area contributed by atoms with Crippen LogP contribution in [-0.2, 0) is 4.79 Å². The van der Waals surface area contributed by atoms with Crippen molar-refractivity contribution in [2.45, 2.75) is 19.3 Å². The maximum Gasteiger partial charge on any atom is 0.292 e. The molecule has 9 heteroatoms. The number of nitrogens with zero attached hydrogens (tertiary/aromatic N) is 4. The first-order chi connectivity index (χ1) is 13.5. The summed E-state index contributed by atoms with van der Waals surface area (Å²) in [7, 11) is 0. The van der Waals surface area contributed by atoms with Crippen LogP contribution >= 0.6 is 11.6 Å². The van der Waals surface area contributed by atoms with Crippen molar-refractivity contribution in [3.05, 3.63) is 51.4 Å². The zero-order valence-electron chi connectivity index (χ0n) is 15.1. The molecule has 0 bridgehead atoms. The first kappa shape index (κ1) is 18.9. The number of carbonyl (C=O) groups excluding carboxylic acids is 1. The van der Waals surface area contributed by atoms with E-state index in [0.29, 0.717) is 37.9 Å². The van der Waals surface area contributed by atoms with Gasteiger partial charge in [0.05, 0.1) is 11.9 Å². The minimum Gasteiger partial charge on any atom is -0.367 e. The van der Waals surface area contributed by atoms with Gasteiger partial charge in [-0.2, -0.15) is 9.78 Å². The standard InChI is InChI=1S/C19H19ClF2N4O2/c20-17-16(24-6-1-7-25(9-8-24)18(27)12-2-3-12)11-23-26(19(17)28)15-5-4-13(21)10-14(15)22/h4-5,10-12H,1-3,6-9H2. The second-order valence-electron chi connectivity index (χ2n) is 7.10. The van der Waals surface area contributed by atoms with Crippen LogP contribution in [0.15, 0.2) is 29.2 Å². The van der Waals surface area contributed by atoms with Crippen molar-refractivity contribution in [2.24, 2.45) is 5.92 Å². The highest BCUT2D eigenvalue weighted by Gasteiger charge is 2.34. The second-order valence-corrected chi connectivity index (χ2v) is 7.47. The average Bonchev–Trinajstić information content (AvgIpc) is 3.51. The number of benzene rings is 1. The maximum absolute atomic E-state index is 14.0. The number of halogens is 3. The molecule has 2 aromatic rings. The van der Waals surface area contributed by atoms with Gasteiger partial charge in [-0.25, -0.2) is 8.78 Å². The lowest BCUT2D eigenvalue weighted by atomic mass is 10.3. The normalized spacial score (nSPS) is 17.5. The molecule has 1 saturated carbocycles. The van der Waals surface area contributed by atoms with Crippen LogP contribution < -0.4 is 10.5 Å². The van der Waals surface area contributed by atoms with Crippen LogP contribution in [-0.4, -0.2) is 46.8 Å². The quantitative estimate of drug-likeness (QED) is 0.783. The summed E-state index contributed by atoms with van der Waals surface area (Å²) < 4.78 is 28.0. The fourth-order valence-corrected chi connectivity index (χ4v) is 3.68. The van der Waals surface area contributed by atoms with Gasteiger partial charge >= 0.3 is 0 Å². The van der Waals surface area contributed by atoms with E-state index in [0.717, 1.165) is 36.1 Å². The van der Waals surface area contributed by atoms with Gasteiger partial charge in [-0.1, -0.05) is 11.6 Å². The molecule has 0 atom stereocenters. The number of aromatic nitrogens is 2. The lowest BCUT2D eigenvalue weighted by Gasteiger charge is -2.24. The Labute approximate surface area is 165 Å². The van der Waals surface area contributed by atoms with Gasteiger partial charge < -0.3 is 9.80 Å². The Morgan fingerprint density at radius 3 is 2.61 bits per heavy atom. The SMILES string of the molecule is O=C(C1CC1)N1CCCN(c2cnn(-c3ccc(F)cc3F)c(=O)c2Cl)CC1. The lowest BCUT2D eigenvalue weighted by Crippen LogP contribution is -2.36. The highest BCUT2D eigenvalue weighted by molar-refractivity contribution is 6.33. The molecule has 0 N–H and O–H groups in total. The van der Waals surface area contributed by atoms with Gasteiger partial charge in [-0.05, 0) is 31.4 Å². The third kappa shape index (κ3) is 3.61. The van der Waals surface area contributed by atoms with Crippen LogP contribution in [0.2, 0.25) is 5.02 Å². The zero-order valence-corrected chi connectivity index (χ0v) is 15.8. The number of carbonyl (C=O) groups is 1. The molecular weight excluding hydrogens is 390 g/mol. The first-order valence-corrected chi connectivity index (χ1v) is 9.60. The van der Waals surface area contributed by atoms with Crippen LogP contribution in [0.3, 0.4) is 0 Å². The molecule has 0 unspecified atom stereocenters. The van der Waals surface area contributed by atoms with E-state index in [1.807, 2.05) is 9.80 Å². The van der Waals surface area contributed by atoms with E-state index in [2.05, 4.69) is 5.10 Å². The second kappa shape index (κ2) is 7.50. The Morgan fingerprint density at radius 2 is 1.89 bits per heavy atom. The molecule has 4 rings (SSSR count). The van der Waals surface area contributed by atoms with Gasteiger partial charge in [0, 0.05) is 38.2 Å². The van der Waals surface area contributed by atoms with E-state index in [1.54, 1.807) is 0 Å². The number of hydrogen-bond donors (Lipinski definition) is 0. The summed E-state index contributed by atoms with van der Waals surface area (Å²) in [5, 5.41) is 3.95. The number of anilines is 1. The van der Waals surface area contributed by atoms with Crippen LogP contribution in [0.5, 0.6) is 0 Å². The predicted octanol–water partition coefficient (Wildman–Crippen LogP) is 2.61. The summed E-state index contributed by atoms with van der Waals surface area (Å²) in [6, 6.07) is 2.88. The van der Waals surface area contributed by atoms with E-state index in [4.69, 9.17) is 11.6 Å². The number of hydrogen-bond acceptors (Lipinski definition) is 4. The summed E-state index contributed by atoms with van der Waals surface area (Å²) >= 11 is 6.29. The summed E-state index contributed by atoms with van der Waals surface area (Å²) in [6.07, 6.45) is 4.09. The molecule has 148 valence electrons. The monoisotopic (exact) mass is 408 g/mol. The molecule has 2 aliphatic rings. The van der Waals surface area contributed by atoms with Crippen molar-refractivity contribution in [2.75, 3.05) is 31.1 Å². The molecule has 1 aliphatic heterocycles. The van der Waals surface area contributed by atoms with Crippen molar-refractivity contribution in [3.63, 3.8) is 0 Å². The van der Waals surface area contributed by atoms with Crippen LogP contribution in [0.1, 0.15) is 19.3 Å². The molecule has 6 nitrogen and oxygen atoms in total. The third-order valence-corrected chi connectivity index (χ3v) is 5.47. The fourth-order valence-electron chi connectivity index (χ4n) is 3.44. The van der Waals surface area contributed by atoms with Crippen LogP contribution in [0.4, 0.5) is 14.5 Å². The molecule has 1 aromatic heterocycles. The molecule has 0 spiro atoms. The molecule has 2 heterocycles. The molecule has 1 saturated heterocycles. The van der Waals surface area contributed by atoms with E-state index in [1.165, 1.54) is 6.20 Å². The maximum atomic E-state index is 14.0. The van der Waals surface area contributed by atoms with Crippen molar-refractivity contribution >= 4 is 23.2 Å². The van der Waals surface area contributed by atoms with Crippen molar-refractivity contribution in [1.82, 2.24) is 14.7 Å². The fraction of sp³-hybridized carbons (Fsp3) is 0.421. The van der Waals surface area contributed by atoms with Crippen LogP contribution in [0.25, 0.3) is 5.69 Å². The summed E-state index contributed by atoms with van der Waals surface area (Å²) in [6.45, 7) is 2.40. The zero-order chi connectivity index (χ0) is 19.8. The van der Waals surface area contributed by atoms with Gasteiger partial charge in [-0.3, -0.25) is 9.59 Å². The van der Waals surface area contributed by atoms with E-state index < -0.39 is 17.2 Å². The molecular formula is C19H19ClF2N4O2. The van der Waals surface area contributed by atoms with E-state index in [9.17, 15) is 18.4 Å². The topological polar surface area (TPSA) is 58.4 Å². The molecule has 1 aromatic carbocycles. The van der Waals surface area contributed by atoms with Crippen LogP contribution in [0, 0.1) is 17.6 Å². The smallest absolute Gasteiger partial charge is 0.292 e. The van der Waals surface area contributed by atoms with E-state index >= 15 is 0 Å². The summed E-state index contributed by atoms with van der Waals surface area (Å²) in [4.78, 5) is 28.7. The predicted molar refractivity (Wildman–Crippen MR) is 101 cm³/mol. The minimum atomic E-state index is -0.901. The molecule has 2 fully saturated rings. The highest BCUT2D eigenvalue weighted by Crippen LogP contribution is 2.31. The first-order valence-electron chi connectivity index (χ1n) is 9.22. The summed E-state index contributed by atoms with van der Waals surface area (Å²) in [5.74, 6) is -1.27. The minimum absolute atomic E-state index is 0.0827. The Balaban J connectivity index is 1.58. The Kier molecular flexibility index (Phi) is 5.05. The largest absolute Gasteiger partial charge is 0.367 e. The summed E-state index contributed by atoms with van der Waals surface area (Å²) in [5.41, 5.74) is -0.400. The van der Waals surface area contributed by atoms with Crippen molar-refractivity contribution in [3.8, 4) is 5.69 Å². The van der Waals surface area contributed by atoms with Gasteiger partial charge in [0.25, 0.3) is 5.56 Å². The van der Waals surface area contributed by atoms with Gasteiger partial charge in [0.15, 0.2) is 5.82 Å². The molecule has 1 amide bonds. The van der Waals surface area contributed by atoms with Crippen molar-refractivity contribution < 1.29 is 13.6 Å². The molecule has 28 heavy (non-hydrogen) atoms. The molecule has 0 radical (unpaired) electrons. The van der Waals surface area contributed by atoms with Gasteiger partial charge in [0.2, 0.25) is 5.91 Å². The number of amides is 1. The lowest BCUT2D eigenvalue weighted by molar-refractivity contribution is -0.132. The average molecular weight is 409 g/mol. The Bertz CT molecular complexity index is 977. The molecule has 1 aliphatic carbocycles. The number of rotatable bonds is 3. The van der Waals surface area contributed by atoms with Gasteiger partial charge in [0.1, 0.15) is 16.5 Å². The Hall–Kier alpha value is -2.48.